The number of hydrogen-bond donors (Lipinski definition) is 1. The quantitative estimate of drug-likeness (QED) is 0.743. The molecular weight excluding hydrogens is 160 g/mol. The molecule has 1 rings (SSSR count). The Balaban J connectivity index is 3.00. The van der Waals surface area contributed by atoms with Crippen LogP contribution >= 0.6 is 0 Å². The summed E-state index contributed by atoms with van der Waals surface area (Å²) >= 11 is 0. The van der Waals surface area contributed by atoms with E-state index in [1.165, 1.54) is 5.56 Å². The molecule has 0 atom stereocenters. The summed E-state index contributed by atoms with van der Waals surface area (Å²) in [5.41, 5.74) is 7.50. The van der Waals surface area contributed by atoms with Crippen molar-refractivity contribution in [2.24, 2.45) is 5.73 Å². The largest absolute Gasteiger partial charge is 0.330 e. The smallest absolute Gasteiger partial charge is 0.0991 e. The lowest BCUT2D eigenvalue weighted by molar-refractivity contribution is 0.539. The van der Waals surface area contributed by atoms with Crippen LogP contribution < -0.4 is 5.73 Å². The van der Waals surface area contributed by atoms with Gasteiger partial charge in [-0.2, -0.15) is 5.26 Å². The van der Waals surface area contributed by atoms with E-state index in [9.17, 15) is 0 Å². The van der Waals surface area contributed by atoms with E-state index >= 15 is 0 Å². The normalized spacial score (nSPS) is 10.9. The average Bonchev–Trinajstić information content (AvgIpc) is 2.18. The van der Waals surface area contributed by atoms with Crippen LogP contribution in [0.5, 0.6) is 0 Å². The fourth-order valence-corrected chi connectivity index (χ4v) is 1.11. The van der Waals surface area contributed by atoms with Gasteiger partial charge in [0.15, 0.2) is 0 Å². The summed E-state index contributed by atoms with van der Waals surface area (Å²) in [7, 11) is 0. The Labute approximate surface area is 79.0 Å². The van der Waals surface area contributed by atoms with Gasteiger partial charge < -0.3 is 5.73 Å². The van der Waals surface area contributed by atoms with Crippen LogP contribution in [0.15, 0.2) is 24.3 Å². The first-order valence-corrected chi connectivity index (χ1v) is 4.31. The van der Waals surface area contributed by atoms with Crippen molar-refractivity contribution < 1.29 is 0 Å². The molecule has 0 aliphatic rings. The van der Waals surface area contributed by atoms with Crippen molar-refractivity contribution in [3.05, 3.63) is 35.4 Å². The minimum absolute atomic E-state index is 0.00597. The predicted octanol–water partition coefficient (Wildman–Crippen LogP) is 1.79. The highest BCUT2D eigenvalue weighted by Gasteiger charge is 2.17. The molecule has 0 radical (unpaired) electrons. The summed E-state index contributed by atoms with van der Waals surface area (Å²) in [6, 6.07) is 9.67. The highest BCUT2D eigenvalue weighted by molar-refractivity contribution is 5.34. The monoisotopic (exact) mass is 174 g/mol. The second kappa shape index (κ2) is 3.59. The summed E-state index contributed by atoms with van der Waals surface area (Å²) in [4.78, 5) is 0. The van der Waals surface area contributed by atoms with Crippen LogP contribution in [0, 0.1) is 11.3 Å². The van der Waals surface area contributed by atoms with Crippen LogP contribution in [0.25, 0.3) is 0 Å². The molecule has 1 aromatic carbocycles. The Morgan fingerprint density at radius 1 is 1.31 bits per heavy atom. The van der Waals surface area contributed by atoms with E-state index in [4.69, 9.17) is 11.0 Å². The molecule has 0 aliphatic carbocycles. The third kappa shape index (κ3) is 2.07. The molecule has 0 amide bonds. The number of nitriles is 1. The Morgan fingerprint density at radius 3 is 2.23 bits per heavy atom. The van der Waals surface area contributed by atoms with Gasteiger partial charge in [0.2, 0.25) is 0 Å². The minimum Gasteiger partial charge on any atom is -0.330 e. The Kier molecular flexibility index (Phi) is 2.69. The van der Waals surface area contributed by atoms with Crippen molar-refractivity contribution in [2.75, 3.05) is 6.54 Å². The lowest BCUT2D eigenvalue weighted by atomic mass is 9.84. The first-order valence-electron chi connectivity index (χ1n) is 4.31. The van der Waals surface area contributed by atoms with Gasteiger partial charge in [-0.25, -0.2) is 0 Å². The third-order valence-corrected chi connectivity index (χ3v) is 2.31. The summed E-state index contributed by atoms with van der Waals surface area (Å²) in [5.74, 6) is 0. The molecule has 0 unspecified atom stereocenters. The topological polar surface area (TPSA) is 49.8 Å². The van der Waals surface area contributed by atoms with Crippen LogP contribution in [0.2, 0.25) is 0 Å². The fraction of sp³-hybridized carbons (Fsp3) is 0.364. The number of rotatable bonds is 2. The Morgan fingerprint density at radius 2 is 1.85 bits per heavy atom. The first-order chi connectivity index (χ1) is 6.10. The van der Waals surface area contributed by atoms with E-state index in [0.29, 0.717) is 12.1 Å². The van der Waals surface area contributed by atoms with Gasteiger partial charge in [-0.1, -0.05) is 26.0 Å². The second-order valence-electron chi connectivity index (χ2n) is 3.78. The van der Waals surface area contributed by atoms with Gasteiger partial charge in [0, 0.05) is 12.0 Å². The van der Waals surface area contributed by atoms with E-state index < -0.39 is 0 Å². The molecule has 0 saturated carbocycles. The summed E-state index contributed by atoms with van der Waals surface area (Å²) in [5, 5.41) is 8.61. The number of nitrogens with two attached hydrogens (primary N) is 1. The standard InChI is InChI=1S/C11H14N2/c1-11(2,8-13)10-5-3-9(7-12)4-6-10/h3-6H,8,13H2,1-2H3. The zero-order valence-corrected chi connectivity index (χ0v) is 8.04. The first kappa shape index (κ1) is 9.76. The highest BCUT2D eigenvalue weighted by atomic mass is 14.6. The lowest BCUT2D eigenvalue weighted by Gasteiger charge is -2.22. The van der Waals surface area contributed by atoms with Crippen molar-refractivity contribution in [3.8, 4) is 6.07 Å². The average molecular weight is 174 g/mol. The molecule has 0 fully saturated rings. The minimum atomic E-state index is -0.00597. The van der Waals surface area contributed by atoms with Gasteiger partial charge in [0.25, 0.3) is 0 Å². The molecule has 0 saturated heterocycles. The number of hydrogen-bond acceptors (Lipinski definition) is 2. The molecule has 0 spiro atoms. The molecular formula is C11H14N2. The van der Waals surface area contributed by atoms with Crippen LogP contribution in [0.4, 0.5) is 0 Å². The van der Waals surface area contributed by atoms with E-state index in [1.54, 1.807) is 0 Å². The van der Waals surface area contributed by atoms with Crippen molar-refractivity contribution in [1.82, 2.24) is 0 Å². The van der Waals surface area contributed by atoms with E-state index in [0.717, 1.165) is 0 Å². The molecule has 0 aliphatic heterocycles. The maximum Gasteiger partial charge on any atom is 0.0991 e. The molecule has 1 aromatic rings. The Bertz CT molecular complexity index is 317. The van der Waals surface area contributed by atoms with E-state index in [1.807, 2.05) is 24.3 Å². The molecule has 0 bridgehead atoms. The van der Waals surface area contributed by atoms with E-state index in [2.05, 4.69) is 19.9 Å². The molecule has 68 valence electrons. The zero-order valence-electron chi connectivity index (χ0n) is 8.04. The fourth-order valence-electron chi connectivity index (χ4n) is 1.11. The van der Waals surface area contributed by atoms with Gasteiger partial charge in [-0.15, -0.1) is 0 Å². The van der Waals surface area contributed by atoms with Crippen LogP contribution in [-0.2, 0) is 5.41 Å². The molecule has 0 heterocycles. The van der Waals surface area contributed by atoms with Crippen molar-refractivity contribution in [2.45, 2.75) is 19.3 Å². The maximum atomic E-state index is 8.61. The number of nitrogens with zero attached hydrogens (tertiary/aromatic N) is 1. The molecule has 2 N–H and O–H groups in total. The van der Waals surface area contributed by atoms with Crippen molar-refractivity contribution >= 4 is 0 Å². The van der Waals surface area contributed by atoms with Crippen LogP contribution in [0.1, 0.15) is 25.0 Å². The molecule has 2 heteroatoms. The third-order valence-electron chi connectivity index (χ3n) is 2.31. The van der Waals surface area contributed by atoms with E-state index in [-0.39, 0.29) is 5.41 Å². The predicted molar refractivity (Wildman–Crippen MR) is 53.2 cm³/mol. The SMILES string of the molecule is CC(C)(CN)c1ccc(C#N)cc1. The van der Waals surface area contributed by atoms with Crippen molar-refractivity contribution in [3.63, 3.8) is 0 Å². The van der Waals surface area contributed by atoms with Crippen LogP contribution in [-0.4, -0.2) is 6.54 Å². The van der Waals surface area contributed by atoms with Gasteiger partial charge >= 0.3 is 0 Å². The summed E-state index contributed by atoms with van der Waals surface area (Å²) in [6.45, 7) is 4.79. The molecule has 13 heavy (non-hydrogen) atoms. The molecule has 2 nitrogen and oxygen atoms in total. The van der Waals surface area contributed by atoms with Gasteiger partial charge in [0.05, 0.1) is 11.6 Å². The Hall–Kier alpha value is -1.33. The zero-order chi connectivity index (χ0) is 9.90. The highest BCUT2D eigenvalue weighted by Crippen LogP contribution is 2.21. The van der Waals surface area contributed by atoms with Crippen molar-refractivity contribution in [1.29, 1.82) is 5.26 Å². The van der Waals surface area contributed by atoms with Crippen LogP contribution in [0.3, 0.4) is 0 Å². The second-order valence-corrected chi connectivity index (χ2v) is 3.78. The number of benzene rings is 1. The van der Waals surface area contributed by atoms with Gasteiger partial charge in [-0.3, -0.25) is 0 Å². The lowest BCUT2D eigenvalue weighted by Crippen LogP contribution is -2.27. The molecule has 0 aromatic heterocycles. The maximum absolute atomic E-state index is 8.61. The van der Waals surface area contributed by atoms with Gasteiger partial charge in [-0.05, 0) is 17.7 Å². The summed E-state index contributed by atoms with van der Waals surface area (Å²) in [6.07, 6.45) is 0. The van der Waals surface area contributed by atoms with Gasteiger partial charge in [0.1, 0.15) is 0 Å². The summed E-state index contributed by atoms with van der Waals surface area (Å²) < 4.78 is 0.